The van der Waals surface area contributed by atoms with Gasteiger partial charge in [0.25, 0.3) is 0 Å². The fourth-order valence-corrected chi connectivity index (χ4v) is 2.86. The average Bonchev–Trinajstić information content (AvgIpc) is 2.89. The summed E-state index contributed by atoms with van der Waals surface area (Å²) in [6, 6.07) is -0.400. The summed E-state index contributed by atoms with van der Waals surface area (Å²) in [4.78, 5) is 15.6. The number of aromatic nitrogens is 1. The molecule has 110 valence electrons. The molecule has 2 rings (SSSR count). The highest BCUT2D eigenvalue weighted by molar-refractivity contribution is 7.07. The Bertz CT molecular complexity index is 470. The van der Waals surface area contributed by atoms with Gasteiger partial charge in [0.05, 0.1) is 17.1 Å². The van der Waals surface area contributed by atoms with Crippen molar-refractivity contribution < 1.29 is 18.0 Å². The van der Waals surface area contributed by atoms with E-state index in [9.17, 15) is 18.0 Å². The molecular formula is C13H15F3N2OS. The monoisotopic (exact) mass is 304 g/mol. The van der Waals surface area contributed by atoms with Crippen LogP contribution in [-0.2, 0) is 4.79 Å². The zero-order valence-electron chi connectivity index (χ0n) is 10.7. The quantitative estimate of drug-likeness (QED) is 0.870. The minimum Gasteiger partial charge on any atom is -0.350 e. The summed E-state index contributed by atoms with van der Waals surface area (Å²) in [5.41, 5.74) is 2.31. The van der Waals surface area contributed by atoms with Gasteiger partial charge >= 0.3 is 6.18 Å². The second-order valence-corrected chi connectivity index (χ2v) is 5.58. The number of nitrogens with one attached hydrogen (secondary N) is 1. The largest absolute Gasteiger partial charge is 0.391 e. The molecule has 0 bridgehead atoms. The van der Waals surface area contributed by atoms with E-state index in [-0.39, 0.29) is 18.7 Å². The predicted molar refractivity (Wildman–Crippen MR) is 71.1 cm³/mol. The van der Waals surface area contributed by atoms with Crippen LogP contribution >= 0.6 is 11.3 Å². The third-order valence-corrected chi connectivity index (χ3v) is 3.95. The van der Waals surface area contributed by atoms with E-state index >= 15 is 0 Å². The van der Waals surface area contributed by atoms with E-state index in [2.05, 4.69) is 10.3 Å². The van der Waals surface area contributed by atoms with Gasteiger partial charge < -0.3 is 5.32 Å². The van der Waals surface area contributed by atoms with E-state index < -0.39 is 18.1 Å². The van der Waals surface area contributed by atoms with Gasteiger partial charge in [-0.2, -0.15) is 13.2 Å². The van der Waals surface area contributed by atoms with Gasteiger partial charge in [-0.05, 0) is 25.3 Å². The molecule has 0 radical (unpaired) electrons. The standard InChI is InChI=1S/C13H15F3N2OS/c14-13(15,16)9-2-1-3-10(6-9)18-12(19)5-4-11-7-20-8-17-11/h4-5,7-10H,1-3,6H2,(H,18,19)/b5-4+. The molecule has 20 heavy (non-hydrogen) atoms. The number of alkyl halides is 3. The van der Waals surface area contributed by atoms with E-state index in [1.807, 2.05) is 0 Å². The summed E-state index contributed by atoms with van der Waals surface area (Å²) in [5.74, 6) is -1.67. The maximum atomic E-state index is 12.7. The van der Waals surface area contributed by atoms with Crippen molar-refractivity contribution in [1.29, 1.82) is 0 Å². The molecule has 2 unspecified atom stereocenters. The van der Waals surface area contributed by atoms with Gasteiger partial charge in [0.1, 0.15) is 0 Å². The zero-order chi connectivity index (χ0) is 14.6. The lowest BCUT2D eigenvalue weighted by molar-refractivity contribution is -0.184. The third-order valence-electron chi connectivity index (χ3n) is 3.34. The maximum Gasteiger partial charge on any atom is 0.391 e. The summed E-state index contributed by atoms with van der Waals surface area (Å²) >= 11 is 1.41. The lowest BCUT2D eigenvalue weighted by Gasteiger charge is -2.30. The molecule has 1 fully saturated rings. The Balaban J connectivity index is 1.85. The van der Waals surface area contributed by atoms with Crippen LogP contribution in [0.5, 0.6) is 0 Å². The van der Waals surface area contributed by atoms with Crippen molar-refractivity contribution in [3.63, 3.8) is 0 Å². The van der Waals surface area contributed by atoms with Crippen molar-refractivity contribution in [2.24, 2.45) is 5.92 Å². The molecule has 0 spiro atoms. The highest BCUT2D eigenvalue weighted by atomic mass is 32.1. The molecular weight excluding hydrogens is 289 g/mol. The van der Waals surface area contributed by atoms with Crippen molar-refractivity contribution in [2.45, 2.75) is 37.9 Å². The smallest absolute Gasteiger partial charge is 0.350 e. The van der Waals surface area contributed by atoms with E-state index in [1.54, 1.807) is 17.0 Å². The topological polar surface area (TPSA) is 42.0 Å². The highest BCUT2D eigenvalue weighted by Gasteiger charge is 2.42. The van der Waals surface area contributed by atoms with Gasteiger partial charge in [-0.1, -0.05) is 6.42 Å². The Morgan fingerprint density at radius 3 is 2.90 bits per heavy atom. The van der Waals surface area contributed by atoms with Gasteiger partial charge in [0.15, 0.2) is 0 Å². The Labute approximate surface area is 118 Å². The number of amides is 1. The van der Waals surface area contributed by atoms with Gasteiger partial charge in [-0.3, -0.25) is 4.79 Å². The van der Waals surface area contributed by atoms with E-state index in [1.165, 1.54) is 17.4 Å². The first-order chi connectivity index (χ1) is 9.45. The molecule has 1 aliphatic rings. The number of hydrogen-bond acceptors (Lipinski definition) is 3. The molecule has 1 heterocycles. The molecule has 1 N–H and O–H groups in total. The summed E-state index contributed by atoms with van der Waals surface area (Å²) in [6.45, 7) is 0. The van der Waals surface area contributed by atoms with E-state index in [0.29, 0.717) is 18.5 Å². The predicted octanol–water partition coefficient (Wildman–Crippen LogP) is 3.39. The molecule has 1 amide bonds. The van der Waals surface area contributed by atoms with E-state index in [4.69, 9.17) is 0 Å². The van der Waals surface area contributed by atoms with Crippen molar-refractivity contribution in [3.05, 3.63) is 22.7 Å². The average molecular weight is 304 g/mol. The van der Waals surface area contributed by atoms with Gasteiger partial charge in [-0.15, -0.1) is 11.3 Å². The van der Waals surface area contributed by atoms with E-state index in [0.717, 1.165) is 0 Å². The summed E-state index contributed by atoms with van der Waals surface area (Å²) in [6.07, 6.45) is -0.0832. The van der Waals surface area contributed by atoms with Crippen LogP contribution in [0, 0.1) is 5.92 Å². The molecule has 1 aromatic heterocycles. The molecule has 0 aromatic carbocycles. The second-order valence-electron chi connectivity index (χ2n) is 4.86. The fourth-order valence-electron chi connectivity index (χ4n) is 2.33. The van der Waals surface area contributed by atoms with Crippen molar-refractivity contribution in [2.75, 3.05) is 0 Å². The lowest BCUT2D eigenvalue weighted by Crippen LogP contribution is -2.41. The first-order valence-corrected chi connectivity index (χ1v) is 7.33. The number of nitrogens with zero attached hydrogens (tertiary/aromatic N) is 1. The van der Waals surface area contributed by atoms with Gasteiger partial charge in [-0.25, -0.2) is 4.98 Å². The van der Waals surface area contributed by atoms with Crippen LogP contribution in [0.1, 0.15) is 31.4 Å². The minimum absolute atomic E-state index is 0.0280. The molecule has 0 aliphatic heterocycles. The first-order valence-electron chi connectivity index (χ1n) is 6.38. The molecule has 2 atom stereocenters. The number of hydrogen-bond donors (Lipinski definition) is 1. The Hall–Kier alpha value is -1.37. The van der Waals surface area contributed by atoms with Crippen LogP contribution < -0.4 is 5.32 Å². The SMILES string of the molecule is O=C(/C=C/c1cscn1)NC1CCCC(C(F)(F)F)C1. The zero-order valence-corrected chi connectivity index (χ0v) is 11.5. The Morgan fingerprint density at radius 2 is 2.25 bits per heavy atom. The summed E-state index contributed by atoms with van der Waals surface area (Å²) < 4.78 is 38.0. The maximum absolute atomic E-state index is 12.7. The Kier molecular flexibility index (Phi) is 4.80. The first kappa shape index (κ1) is 15.0. The second kappa shape index (κ2) is 6.39. The molecule has 3 nitrogen and oxygen atoms in total. The molecule has 1 aromatic rings. The Morgan fingerprint density at radius 1 is 1.45 bits per heavy atom. The highest BCUT2D eigenvalue weighted by Crippen LogP contribution is 2.37. The van der Waals surface area contributed by atoms with Crippen LogP contribution in [0.25, 0.3) is 6.08 Å². The minimum atomic E-state index is -4.17. The van der Waals surface area contributed by atoms with Crippen molar-refractivity contribution in [1.82, 2.24) is 10.3 Å². The lowest BCUT2D eigenvalue weighted by atomic mass is 9.85. The normalized spacial score (nSPS) is 23.9. The molecule has 1 aliphatic carbocycles. The summed E-state index contributed by atoms with van der Waals surface area (Å²) in [7, 11) is 0. The van der Waals surface area contributed by atoms with Crippen LogP contribution in [0.4, 0.5) is 13.2 Å². The third kappa shape index (κ3) is 4.33. The van der Waals surface area contributed by atoms with Gasteiger partial charge in [0.2, 0.25) is 5.91 Å². The van der Waals surface area contributed by atoms with Crippen LogP contribution in [-0.4, -0.2) is 23.1 Å². The number of thiazole rings is 1. The van der Waals surface area contributed by atoms with Crippen LogP contribution in [0.2, 0.25) is 0 Å². The number of halogens is 3. The molecule has 1 saturated carbocycles. The summed E-state index contributed by atoms with van der Waals surface area (Å²) in [5, 5.41) is 4.42. The van der Waals surface area contributed by atoms with Crippen molar-refractivity contribution >= 4 is 23.3 Å². The van der Waals surface area contributed by atoms with Crippen LogP contribution in [0.3, 0.4) is 0 Å². The number of carbonyl (C=O) groups is 1. The van der Waals surface area contributed by atoms with Gasteiger partial charge in [0, 0.05) is 17.5 Å². The van der Waals surface area contributed by atoms with Crippen LogP contribution in [0.15, 0.2) is 17.0 Å². The number of rotatable bonds is 3. The fraction of sp³-hybridized carbons (Fsp3) is 0.538. The number of carbonyl (C=O) groups excluding carboxylic acids is 1. The molecule has 7 heteroatoms. The molecule has 0 saturated heterocycles. The van der Waals surface area contributed by atoms with Crippen molar-refractivity contribution in [3.8, 4) is 0 Å².